The van der Waals surface area contributed by atoms with Crippen LogP contribution in [-0.4, -0.2) is 21.8 Å². The van der Waals surface area contributed by atoms with Crippen molar-refractivity contribution >= 4 is 67.6 Å². The molecule has 0 atom stereocenters. The van der Waals surface area contributed by atoms with Gasteiger partial charge >= 0.3 is 0 Å². The van der Waals surface area contributed by atoms with Gasteiger partial charge in [-0.3, -0.25) is 19.2 Å². The Morgan fingerprint density at radius 2 is 0.839 bits per heavy atom. The molecular formula is C48H36O8. The van der Waals surface area contributed by atoms with Gasteiger partial charge in [0.25, 0.3) is 0 Å². The smallest absolute Gasteiger partial charge is 0.200 e. The lowest BCUT2D eigenvalue weighted by atomic mass is 9.97. The van der Waals surface area contributed by atoms with Gasteiger partial charge in [-0.2, -0.15) is 0 Å². The zero-order chi connectivity index (χ0) is 39.7. The van der Waals surface area contributed by atoms with E-state index in [1.54, 1.807) is 97.1 Å². The Kier molecular flexibility index (Phi) is 10.0. The van der Waals surface area contributed by atoms with E-state index in [9.17, 15) is 29.4 Å². The first-order chi connectivity index (χ1) is 26.9. The number of benzene rings is 6. The first-order valence-electron chi connectivity index (χ1n) is 17.9. The molecule has 0 aliphatic heterocycles. The number of phenols is 2. The van der Waals surface area contributed by atoms with Crippen LogP contribution in [0.5, 0.6) is 11.5 Å². The van der Waals surface area contributed by atoms with Crippen molar-refractivity contribution in [2.24, 2.45) is 0 Å². The minimum Gasteiger partial charge on any atom is -0.507 e. The third-order valence-corrected chi connectivity index (χ3v) is 9.12. The summed E-state index contributed by atoms with van der Waals surface area (Å²) in [4.78, 5) is 52.1. The number of para-hydroxylation sites is 4. The van der Waals surface area contributed by atoms with Gasteiger partial charge in [-0.1, -0.05) is 71.8 Å². The minimum atomic E-state index is -0.351. The van der Waals surface area contributed by atoms with Gasteiger partial charge < -0.3 is 19.0 Å². The Labute approximate surface area is 320 Å². The van der Waals surface area contributed by atoms with E-state index in [2.05, 4.69) is 0 Å². The normalized spacial score (nSPS) is 10.9. The lowest BCUT2D eigenvalue weighted by Crippen LogP contribution is -2.07. The molecule has 2 aromatic heterocycles. The SMILES string of the molecule is CC(C)=Cc1cc(C(=O)c2ccccc2O)cc2c(=O)c3ccccc3oc12.CC(C)=Cc1cc(C(=O)c2ccccc2O)cc2c(=O)c3ccccc3oc12. The van der Waals surface area contributed by atoms with Crippen molar-refractivity contribution in [1.82, 2.24) is 0 Å². The predicted molar refractivity (Wildman–Crippen MR) is 222 cm³/mol. The third kappa shape index (κ3) is 7.15. The summed E-state index contributed by atoms with van der Waals surface area (Å²) in [5.74, 6) is -0.893. The quantitative estimate of drug-likeness (QED) is 0.127. The number of aromatic hydroxyl groups is 2. The molecule has 0 spiro atoms. The first kappa shape index (κ1) is 37.0. The highest BCUT2D eigenvalue weighted by Gasteiger charge is 2.20. The molecule has 8 heteroatoms. The minimum absolute atomic E-state index is 0.0955. The Morgan fingerprint density at radius 1 is 0.482 bits per heavy atom. The monoisotopic (exact) mass is 740 g/mol. The van der Waals surface area contributed by atoms with E-state index in [0.29, 0.717) is 66.1 Å². The van der Waals surface area contributed by atoms with Crippen molar-refractivity contribution in [3.63, 3.8) is 0 Å². The summed E-state index contributed by atoms with van der Waals surface area (Å²) in [6, 6.07) is 33.3. The second-order valence-corrected chi connectivity index (χ2v) is 13.9. The molecule has 0 fully saturated rings. The van der Waals surface area contributed by atoms with Crippen molar-refractivity contribution in [3.8, 4) is 11.5 Å². The van der Waals surface area contributed by atoms with E-state index < -0.39 is 0 Å². The molecule has 2 N–H and O–H groups in total. The molecule has 0 aliphatic carbocycles. The molecule has 8 nitrogen and oxygen atoms in total. The van der Waals surface area contributed by atoms with Crippen LogP contribution in [0.4, 0.5) is 0 Å². The van der Waals surface area contributed by atoms with Gasteiger partial charge in [-0.15, -0.1) is 0 Å². The Hall–Kier alpha value is -7.32. The van der Waals surface area contributed by atoms with Crippen molar-refractivity contribution in [3.05, 3.63) is 186 Å². The molecule has 0 amide bonds. The second-order valence-electron chi connectivity index (χ2n) is 13.9. The largest absolute Gasteiger partial charge is 0.507 e. The summed E-state index contributed by atoms with van der Waals surface area (Å²) in [5.41, 5.74) is 5.86. The second kappa shape index (κ2) is 15.2. The molecule has 276 valence electrons. The molecule has 8 aromatic rings. The summed E-state index contributed by atoms with van der Waals surface area (Å²) in [7, 11) is 0. The number of phenolic OH excluding ortho intramolecular Hbond substituents is 2. The zero-order valence-corrected chi connectivity index (χ0v) is 31.0. The third-order valence-electron chi connectivity index (χ3n) is 9.12. The van der Waals surface area contributed by atoms with Gasteiger partial charge in [-0.05, 0) is 100 Å². The summed E-state index contributed by atoms with van der Waals surface area (Å²) >= 11 is 0. The fourth-order valence-corrected chi connectivity index (χ4v) is 6.61. The highest BCUT2D eigenvalue weighted by atomic mass is 16.3. The van der Waals surface area contributed by atoms with Gasteiger partial charge in [0.1, 0.15) is 33.8 Å². The maximum absolute atomic E-state index is 13.1. The van der Waals surface area contributed by atoms with Crippen molar-refractivity contribution < 1.29 is 28.6 Å². The molecule has 0 saturated carbocycles. The lowest BCUT2D eigenvalue weighted by molar-refractivity contribution is 0.102. The molecule has 0 unspecified atom stereocenters. The van der Waals surface area contributed by atoms with Crippen LogP contribution in [0.2, 0.25) is 0 Å². The molecule has 56 heavy (non-hydrogen) atoms. The van der Waals surface area contributed by atoms with Gasteiger partial charge in [0, 0.05) is 22.3 Å². The van der Waals surface area contributed by atoms with Crippen LogP contribution < -0.4 is 10.9 Å². The van der Waals surface area contributed by atoms with Crippen molar-refractivity contribution in [2.45, 2.75) is 27.7 Å². The molecule has 2 heterocycles. The lowest BCUT2D eigenvalue weighted by Gasteiger charge is -2.09. The Balaban J connectivity index is 0.000000172. The van der Waals surface area contributed by atoms with E-state index in [0.717, 1.165) is 11.1 Å². The predicted octanol–water partition coefficient (Wildman–Crippen LogP) is 10.6. The highest BCUT2D eigenvalue weighted by Crippen LogP contribution is 2.30. The number of rotatable bonds is 6. The number of hydrogen-bond acceptors (Lipinski definition) is 8. The zero-order valence-electron chi connectivity index (χ0n) is 31.0. The van der Waals surface area contributed by atoms with Crippen LogP contribution in [0, 0.1) is 0 Å². The van der Waals surface area contributed by atoms with E-state index >= 15 is 0 Å². The maximum atomic E-state index is 13.1. The number of hydrogen-bond donors (Lipinski definition) is 2. The van der Waals surface area contributed by atoms with Gasteiger partial charge in [0.2, 0.25) is 10.9 Å². The maximum Gasteiger partial charge on any atom is 0.200 e. The molecule has 0 aliphatic rings. The topological polar surface area (TPSA) is 135 Å². The van der Waals surface area contributed by atoms with E-state index in [4.69, 9.17) is 8.83 Å². The fraction of sp³-hybridized carbons (Fsp3) is 0.0833. The molecule has 0 saturated heterocycles. The molecule has 0 radical (unpaired) electrons. The Morgan fingerprint density at radius 3 is 1.21 bits per heavy atom. The summed E-state index contributed by atoms with van der Waals surface area (Å²) in [5, 5.41) is 21.7. The van der Waals surface area contributed by atoms with Crippen LogP contribution in [0.3, 0.4) is 0 Å². The van der Waals surface area contributed by atoms with E-state index in [1.807, 2.05) is 52.0 Å². The Bertz CT molecular complexity index is 2850. The number of ketones is 2. The van der Waals surface area contributed by atoms with Crippen LogP contribution in [-0.2, 0) is 0 Å². The van der Waals surface area contributed by atoms with Gasteiger partial charge in [0.15, 0.2) is 11.6 Å². The summed E-state index contributed by atoms with van der Waals surface area (Å²) < 4.78 is 12.0. The average Bonchev–Trinajstić information content (AvgIpc) is 3.18. The number of fused-ring (bicyclic) bond motifs is 4. The van der Waals surface area contributed by atoms with Gasteiger partial charge in [0.05, 0.1) is 32.7 Å². The standard InChI is InChI=1S/2C24H18O4/c2*1-14(2)11-16-12-15(22(26)17-7-3-5-9-20(17)25)13-19-23(27)18-8-4-6-10-21(18)28-24(16)19/h2*3-13,25H,1-2H3. The number of carbonyl (C=O) groups is 2. The molecular weight excluding hydrogens is 705 g/mol. The van der Waals surface area contributed by atoms with Crippen LogP contribution in [0.15, 0.2) is 151 Å². The van der Waals surface area contributed by atoms with Crippen LogP contribution >= 0.6 is 0 Å². The average molecular weight is 741 g/mol. The number of allylic oxidation sites excluding steroid dienone is 2. The first-order valence-corrected chi connectivity index (χ1v) is 17.9. The van der Waals surface area contributed by atoms with Crippen LogP contribution in [0.25, 0.3) is 56.0 Å². The molecule has 0 bridgehead atoms. The number of carbonyl (C=O) groups excluding carboxylic acids is 2. The fourth-order valence-electron chi connectivity index (χ4n) is 6.61. The van der Waals surface area contributed by atoms with E-state index in [-0.39, 0.29) is 45.0 Å². The molecule has 8 rings (SSSR count). The van der Waals surface area contributed by atoms with Crippen molar-refractivity contribution in [2.75, 3.05) is 0 Å². The van der Waals surface area contributed by atoms with Gasteiger partial charge in [-0.25, -0.2) is 0 Å². The molecule has 6 aromatic carbocycles. The summed E-state index contributed by atoms with van der Waals surface area (Å²) in [6.07, 6.45) is 3.75. The summed E-state index contributed by atoms with van der Waals surface area (Å²) in [6.45, 7) is 7.73. The van der Waals surface area contributed by atoms with E-state index in [1.165, 1.54) is 12.1 Å². The highest BCUT2D eigenvalue weighted by molar-refractivity contribution is 6.14. The van der Waals surface area contributed by atoms with Crippen LogP contribution in [0.1, 0.15) is 70.7 Å². The van der Waals surface area contributed by atoms with Crippen molar-refractivity contribution in [1.29, 1.82) is 0 Å².